The third-order valence-electron chi connectivity index (χ3n) is 2.72. The third-order valence-corrected chi connectivity index (χ3v) is 4.76. The molecule has 1 aromatic carbocycles. The number of benzene rings is 1. The molecule has 2 aromatic rings. The highest BCUT2D eigenvalue weighted by molar-refractivity contribution is 9.10. The molecule has 0 fully saturated rings. The molecule has 0 saturated heterocycles. The van der Waals surface area contributed by atoms with Gasteiger partial charge in [-0.05, 0) is 41.5 Å². The summed E-state index contributed by atoms with van der Waals surface area (Å²) < 4.78 is 15.0. The average Bonchev–Trinajstić information content (AvgIpc) is 2.66. The minimum absolute atomic E-state index is 0.0933. The predicted molar refractivity (Wildman–Crippen MR) is 78.7 cm³/mol. The van der Waals surface area contributed by atoms with Gasteiger partial charge in [0.2, 0.25) is 0 Å². The SMILES string of the molecule is CCNC(c1ccccc1F)c1sc(C)cc1Br. The van der Waals surface area contributed by atoms with Gasteiger partial charge in [-0.1, -0.05) is 25.1 Å². The summed E-state index contributed by atoms with van der Waals surface area (Å²) in [5, 5.41) is 3.35. The second kappa shape index (κ2) is 5.95. The van der Waals surface area contributed by atoms with Crippen LogP contribution in [0.1, 0.15) is 28.3 Å². The van der Waals surface area contributed by atoms with E-state index in [1.807, 2.05) is 19.1 Å². The van der Waals surface area contributed by atoms with Crippen LogP contribution in [0.25, 0.3) is 0 Å². The molecule has 0 radical (unpaired) electrons. The first-order valence-electron chi connectivity index (χ1n) is 5.87. The Balaban J connectivity index is 2.46. The summed E-state index contributed by atoms with van der Waals surface area (Å²) in [5.74, 6) is -0.165. The van der Waals surface area contributed by atoms with Gasteiger partial charge in [0, 0.05) is 19.8 Å². The van der Waals surface area contributed by atoms with E-state index in [9.17, 15) is 4.39 Å². The van der Waals surface area contributed by atoms with Gasteiger partial charge in [-0.15, -0.1) is 11.3 Å². The van der Waals surface area contributed by atoms with Crippen molar-refractivity contribution in [3.05, 3.63) is 55.9 Å². The molecule has 4 heteroatoms. The van der Waals surface area contributed by atoms with Gasteiger partial charge in [-0.3, -0.25) is 0 Å². The zero-order chi connectivity index (χ0) is 13.1. The van der Waals surface area contributed by atoms with E-state index in [0.717, 1.165) is 15.9 Å². The number of hydrogen-bond acceptors (Lipinski definition) is 2. The lowest BCUT2D eigenvalue weighted by atomic mass is 10.0. The number of halogens is 2. The van der Waals surface area contributed by atoms with Gasteiger partial charge in [0.15, 0.2) is 0 Å². The van der Waals surface area contributed by atoms with Crippen molar-refractivity contribution in [2.24, 2.45) is 0 Å². The van der Waals surface area contributed by atoms with E-state index in [-0.39, 0.29) is 11.9 Å². The standard InChI is InChI=1S/C14H15BrFNS/c1-3-17-13(10-6-4-5-7-12(10)16)14-11(15)8-9(2)18-14/h4-8,13,17H,3H2,1-2H3. The Bertz CT molecular complexity index is 538. The lowest BCUT2D eigenvalue weighted by Crippen LogP contribution is -2.22. The second-order valence-corrected chi connectivity index (χ2v) is 6.22. The van der Waals surface area contributed by atoms with Crippen LogP contribution < -0.4 is 5.32 Å². The maximum absolute atomic E-state index is 13.9. The molecule has 0 aliphatic carbocycles. The number of rotatable bonds is 4. The molecular weight excluding hydrogens is 313 g/mol. The van der Waals surface area contributed by atoms with Crippen LogP contribution in [0.3, 0.4) is 0 Å². The van der Waals surface area contributed by atoms with Crippen molar-refractivity contribution in [2.75, 3.05) is 6.54 Å². The summed E-state index contributed by atoms with van der Waals surface area (Å²) in [7, 11) is 0. The van der Waals surface area contributed by atoms with Crippen molar-refractivity contribution in [3.8, 4) is 0 Å². The third kappa shape index (κ3) is 2.82. The summed E-state index contributed by atoms with van der Waals surface area (Å²) in [6, 6.07) is 8.92. The Kier molecular flexibility index (Phi) is 4.54. The summed E-state index contributed by atoms with van der Waals surface area (Å²) in [5.41, 5.74) is 0.696. The Morgan fingerprint density at radius 1 is 1.39 bits per heavy atom. The highest BCUT2D eigenvalue weighted by atomic mass is 79.9. The summed E-state index contributed by atoms with van der Waals surface area (Å²) in [6.45, 7) is 4.88. The summed E-state index contributed by atoms with van der Waals surface area (Å²) >= 11 is 5.25. The minimum Gasteiger partial charge on any atom is -0.306 e. The number of nitrogens with one attached hydrogen (secondary N) is 1. The van der Waals surface area contributed by atoms with Crippen LogP contribution in [0.4, 0.5) is 4.39 Å². The second-order valence-electron chi connectivity index (χ2n) is 4.08. The molecule has 0 spiro atoms. The van der Waals surface area contributed by atoms with Crippen molar-refractivity contribution in [3.63, 3.8) is 0 Å². The smallest absolute Gasteiger partial charge is 0.128 e. The zero-order valence-electron chi connectivity index (χ0n) is 10.3. The molecule has 0 aliphatic rings. The predicted octanol–water partition coefficient (Wildman–Crippen LogP) is 4.66. The average molecular weight is 328 g/mol. The highest BCUT2D eigenvalue weighted by Gasteiger charge is 2.20. The Morgan fingerprint density at radius 3 is 2.67 bits per heavy atom. The first kappa shape index (κ1) is 13.7. The normalized spacial score (nSPS) is 12.7. The fourth-order valence-corrected chi connectivity index (χ4v) is 3.93. The first-order valence-corrected chi connectivity index (χ1v) is 7.48. The van der Waals surface area contributed by atoms with E-state index in [4.69, 9.17) is 0 Å². The van der Waals surface area contributed by atoms with Gasteiger partial charge < -0.3 is 5.32 Å². The number of thiophene rings is 1. The Morgan fingerprint density at radius 2 is 2.11 bits per heavy atom. The van der Waals surface area contributed by atoms with Gasteiger partial charge in [0.05, 0.1) is 6.04 Å². The number of hydrogen-bond donors (Lipinski definition) is 1. The molecule has 0 amide bonds. The van der Waals surface area contributed by atoms with Gasteiger partial charge in [-0.25, -0.2) is 4.39 Å². The van der Waals surface area contributed by atoms with Crippen LogP contribution in [0.15, 0.2) is 34.8 Å². The van der Waals surface area contributed by atoms with Crippen molar-refractivity contribution < 1.29 is 4.39 Å². The minimum atomic E-state index is -0.165. The maximum Gasteiger partial charge on any atom is 0.128 e. The molecule has 96 valence electrons. The van der Waals surface area contributed by atoms with E-state index in [0.29, 0.717) is 5.56 Å². The highest BCUT2D eigenvalue weighted by Crippen LogP contribution is 2.36. The molecule has 0 saturated carbocycles. The molecule has 0 bridgehead atoms. The van der Waals surface area contributed by atoms with Crippen molar-refractivity contribution >= 4 is 27.3 Å². The largest absolute Gasteiger partial charge is 0.306 e. The topological polar surface area (TPSA) is 12.0 Å². The van der Waals surface area contributed by atoms with Crippen molar-refractivity contribution in [2.45, 2.75) is 19.9 Å². The van der Waals surface area contributed by atoms with Crippen molar-refractivity contribution in [1.82, 2.24) is 5.32 Å². The van der Waals surface area contributed by atoms with Gasteiger partial charge in [0.1, 0.15) is 5.82 Å². The van der Waals surface area contributed by atoms with Gasteiger partial charge in [-0.2, -0.15) is 0 Å². The van der Waals surface area contributed by atoms with Gasteiger partial charge in [0.25, 0.3) is 0 Å². The van der Waals surface area contributed by atoms with Crippen molar-refractivity contribution in [1.29, 1.82) is 0 Å². The first-order chi connectivity index (χ1) is 8.63. The van der Waals surface area contributed by atoms with Crippen LogP contribution in [-0.2, 0) is 0 Å². The van der Waals surface area contributed by atoms with E-state index >= 15 is 0 Å². The fraction of sp³-hybridized carbons (Fsp3) is 0.286. The Labute approximate surface area is 119 Å². The van der Waals surface area contributed by atoms with Gasteiger partial charge >= 0.3 is 0 Å². The van der Waals surface area contributed by atoms with Crippen LogP contribution in [0.5, 0.6) is 0 Å². The molecule has 1 aromatic heterocycles. The molecule has 1 unspecified atom stereocenters. The van der Waals surface area contributed by atoms with Crippen LogP contribution in [0, 0.1) is 12.7 Å². The fourth-order valence-electron chi connectivity index (χ4n) is 1.96. The Hall–Kier alpha value is -0.710. The molecule has 1 nitrogen and oxygen atoms in total. The zero-order valence-corrected chi connectivity index (χ0v) is 12.7. The van der Waals surface area contributed by atoms with Crippen LogP contribution in [0.2, 0.25) is 0 Å². The molecule has 2 rings (SSSR count). The molecule has 1 atom stereocenters. The summed E-state index contributed by atoms with van der Waals surface area (Å²) in [6.07, 6.45) is 0. The lowest BCUT2D eigenvalue weighted by molar-refractivity contribution is 0.562. The van der Waals surface area contributed by atoms with Crippen LogP contribution in [-0.4, -0.2) is 6.54 Å². The molecule has 1 N–H and O–H groups in total. The molecule has 1 heterocycles. The van der Waals surface area contributed by atoms with E-state index in [1.165, 1.54) is 10.9 Å². The summed E-state index contributed by atoms with van der Waals surface area (Å²) in [4.78, 5) is 2.34. The molecular formula is C14H15BrFNS. The lowest BCUT2D eigenvalue weighted by Gasteiger charge is -2.18. The monoisotopic (exact) mass is 327 g/mol. The molecule has 18 heavy (non-hydrogen) atoms. The van der Waals surface area contributed by atoms with E-state index < -0.39 is 0 Å². The quantitative estimate of drug-likeness (QED) is 0.861. The van der Waals surface area contributed by atoms with E-state index in [1.54, 1.807) is 17.4 Å². The molecule has 0 aliphatic heterocycles. The van der Waals surface area contributed by atoms with E-state index in [2.05, 4.69) is 34.2 Å². The van der Waals surface area contributed by atoms with Crippen LogP contribution >= 0.6 is 27.3 Å². The maximum atomic E-state index is 13.9. The number of aryl methyl sites for hydroxylation is 1.